The second kappa shape index (κ2) is 2.46. The van der Waals surface area contributed by atoms with Crippen LogP contribution in [0.2, 0.25) is 0 Å². The molecule has 1 aliphatic rings. The van der Waals surface area contributed by atoms with Crippen molar-refractivity contribution in [1.82, 2.24) is 5.32 Å². The highest BCUT2D eigenvalue weighted by atomic mass is 16.5. The molecule has 2 atom stereocenters. The first-order valence-corrected chi connectivity index (χ1v) is 2.78. The van der Waals surface area contributed by atoms with Crippen LogP contribution in [0.15, 0.2) is 0 Å². The number of hydrogen-bond acceptors (Lipinski definition) is 2. The van der Waals surface area contributed by atoms with Crippen molar-refractivity contribution in [3.63, 3.8) is 0 Å². The molecule has 1 N–H and O–H groups in total. The Morgan fingerprint density at radius 1 is 1.88 bits per heavy atom. The summed E-state index contributed by atoms with van der Waals surface area (Å²) >= 11 is 0. The summed E-state index contributed by atoms with van der Waals surface area (Å²) in [6.07, 6.45) is -1.58. The van der Waals surface area contributed by atoms with Gasteiger partial charge in [-0.05, 0) is 13.8 Å². The molecule has 1 fully saturated rings. The highest BCUT2D eigenvalue weighted by Crippen LogP contribution is 2.00. The Morgan fingerprint density at radius 3 is 3.12 bits per heavy atom. The summed E-state index contributed by atoms with van der Waals surface area (Å²) in [6.45, 7) is 1.95. The Labute approximate surface area is 54.4 Å². The van der Waals surface area contributed by atoms with E-state index in [2.05, 4.69) is 5.32 Å². The molecule has 1 rings (SSSR count). The Hall–Kier alpha value is -0.0800. The molecular formula is C6H13NO. The molecule has 1 aliphatic heterocycles. The van der Waals surface area contributed by atoms with E-state index in [1.807, 2.05) is 6.92 Å². The standard InChI is InChI=1S/C6H13NO/c1-5-3-7-4-6(2)8-5/h5-7H,3-4H2,1-2H3/i3D2,5D. The summed E-state index contributed by atoms with van der Waals surface area (Å²) in [5.41, 5.74) is 0. The topological polar surface area (TPSA) is 21.3 Å². The molecule has 0 aromatic rings. The van der Waals surface area contributed by atoms with E-state index in [0.29, 0.717) is 6.54 Å². The van der Waals surface area contributed by atoms with Crippen molar-refractivity contribution in [2.75, 3.05) is 13.0 Å². The molecule has 1 heterocycles. The van der Waals surface area contributed by atoms with Gasteiger partial charge in [0.1, 0.15) is 0 Å². The quantitative estimate of drug-likeness (QED) is 0.496. The largest absolute Gasteiger partial charge is 0.373 e. The molecule has 2 unspecified atom stereocenters. The van der Waals surface area contributed by atoms with Crippen LogP contribution in [0.4, 0.5) is 0 Å². The minimum Gasteiger partial charge on any atom is -0.373 e. The summed E-state index contributed by atoms with van der Waals surface area (Å²) in [5, 5.41) is 2.62. The van der Waals surface area contributed by atoms with Gasteiger partial charge in [-0.1, -0.05) is 0 Å². The second-order valence-electron chi connectivity index (χ2n) is 1.99. The van der Waals surface area contributed by atoms with Crippen molar-refractivity contribution < 1.29 is 8.85 Å². The Morgan fingerprint density at radius 2 is 2.62 bits per heavy atom. The predicted octanol–water partition coefficient (Wildman–Crippen LogP) is 0.383. The SMILES string of the molecule is [2H]C1([2H])NCC(C)OC1([2H])C. The molecule has 1 saturated heterocycles. The fourth-order valence-corrected chi connectivity index (χ4v) is 0.692. The third-order valence-electron chi connectivity index (χ3n) is 1.03. The molecule has 0 saturated carbocycles. The van der Waals surface area contributed by atoms with Crippen molar-refractivity contribution in [1.29, 1.82) is 0 Å². The minimum absolute atomic E-state index is 0.0960. The van der Waals surface area contributed by atoms with Crippen LogP contribution in [-0.4, -0.2) is 25.2 Å². The van der Waals surface area contributed by atoms with E-state index >= 15 is 0 Å². The van der Waals surface area contributed by atoms with E-state index in [-0.39, 0.29) is 6.10 Å². The van der Waals surface area contributed by atoms with Crippen LogP contribution in [0.5, 0.6) is 0 Å². The van der Waals surface area contributed by atoms with Gasteiger partial charge in [-0.3, -0.25) is 0 Å². The van der Waals surface area contributed by atoms with Gasteiger partial charge in [0.15, 0.2) is 0 Å². The summed E-state index contributed by atoms with van der Waals surface area (Å²) in [5.74, 6) is 0. The molecule has 0 bridgehead atoms. The van der Waals surface area contributed by atoms with Gasteiger partial charge in [-0.15, -0.1) is 0 Å². The van der Waals surface area contributed by atoms with E-state index in [9.17, 15) is 0 Å². The molecule has 0 radical (unpaired) electrons. The molecule has 0 aromatic heterocycles. The highest BCUT2D eigenvalue weighted by Gasteiger charge is 2.12. The lowest BCUT2D eigenvalue weighted by molar-refractivity contribution is -0.0166. The fraction of sp³-hybridized carbons (Fsp3) is 1.00. The molecule has 0 aromatic carbocycles. The van der Waals surface area contributed by atoms with E-state index in [1.165, 1.54) is 6.92 Å². The molecule has 2 heteroatoms. The average Bonchev–Trinajstić information content (AvgIpc) is 1.80. The first-order chi connectivity index (χ1) is 4.85. The summed E-state index contributed by atoms with van der Waals surface area (Å²) in [6, 6.07) is 0. The summed E-state index contributed by atoms with van der Waals surface area (Å²) in [7, 11) is 0. The Bertz CT molecular complexity index is 160. The van der Waals surface area contributed by atoms with Crippen molar-refractivity contribution in [2.45, 2.75) is 26.0 Å². The van der Waals surface area contributed by atoms with Gasteiger partial charge in [0.25, 0.3) is 0 Å². The molecular weight excluding hydrogens is 102 g/mol. The van der Waals surface area contributed by atoms with E-state index in [0.717, 1.165) is 0 Å². The zero-order chi connectivity index (χ0) is 8.70. The maximum Gasteiger partial charge on any atom is 0.0675 e. The molecule has 0 amide bonds. The molecule has 0 aliphatic carbocycles. The molecule has 0 spiro atoms. The van der Waals surface area contributed by atoms with Crippen LogP contribution in [0, 0.1) is 0 Å². The molecule has 48 valence electrons. The minimum atomic E-state index is -1.75. The summed E-state index contributed by atoms with van der Waals surface area (Å²) < 4.78 is 27.3. The lowest BCUT2D eigenvalue weighted by Crippen LogP contribution is -2.41. The van der Waals surface area contributed by atoms with Gasteiger partial charge in [0, 0.05) is 15.8 Å². The van der Waals surface area contributed by atoms with Gasteiger partial charge in [0.05, 0.1) is 13.6 Å². The maximum absolute atomic E-state index is 7.50. The smallest absolute Gasteiger partial charge is 0.0675 e. The predicted molar refractivity (Wildman–Crippen MR) is 32.9 cm³/mol. The average molecular weight is 118 g/mol. The van der Waals surface area contributed by atoms with Crippen LogP contribution in [0.25, 0.3) is 0 Å². The highest BCUT2D eigenvalue weighted by molar-refractivity contribution is 4.66. The van der Waals surface area contributed by atoms with E-state index < -0.39 is 12.6 Å². The number of hydrogen-bond donors (Lipinski definition) is 1. The third-order valence-corrected chi connectivity index (χ3v) is 1.03. The summed E-state index contributed by atoms with van der Waals surface area (Å²) in [4.78, 5) is 0. The van der Waals surface area contributed by atoms with Gasteiger partial charge in [0.2, 0.25) is 0 Å². The van der Waals surface area contributed by atoms with Crippen molar-refractivity contribution in [2.24, 2.45) is 0 Å². The lowest BCUT2D eigenvalue weighted by Gasteiger charge is -2.25. The van der Waals surface area contributed by atoms with Crippen LogP contribution < -0.4 is 5.32 Å². The number of ether oxygens (including phenoxy) is 1. The first-order valence-electron chi connectivity index (χ1n) is 4.28. The fourth-order valence-electron chi connectivity index (χ4n) is 0.692. The number of nitrogens with one attached hydrogen (secondary N) is 1. The Balaban J connectivity index is 2.72. The van der Waals surface area contributed by atoms with Gasteiger partial charge in [-0.25, -0.2) is 0 Å². The van der Waals surface area contributed by atoms with Crippen LogP contribution in [-0.2, 0) is 4.74 Å². The number of rotatable bonds is 0. The number of morpholine rings is 1. The second-order valence-corrected chi connectivity index (χ2v) is 1.99. The van der Waals surface area contributed by atoms with Gasteiger partial charge < -0.3 is 10.1 Å². The zero-order valence-corrected chi connectivity index (χ0v) is 5.19. The maximum atomic E-state index is 7.50. The normalized spacial score (nSPS) is 60.8. The molecule has 2 nitrogen and oxygen atoms in total. The van der Waals surface area contributed by atoms with Crippen molar-refractivity contribution >= 4 is 0 Å². The van der Waals surface area contributed by atoms with Crippen LogP contribution >= 0.6 is 0 Å². The third kappa shape index (κ3) is 1.46. The van der Waals surface area contributed by atoms with E-state index in [4.69, 9.17) is 8.85 Å². The monoisotopic (exact) mass is 118 g/mol. The van der Waals surface area contributed by atoms with Crippen molar-refractivity contribution in [3.05, 3.63) is 0 Å². The zero-order valence-electron chi connectivity index (χ0n) is 8.19. The van der Waals surface area contributed by atoms with Gasteiger partial charge >= 0.3 is 0 Å². The van der Waals surface area contributed by atoms with Crippen molar-refractivity contribution in [3.8, 4) is 0 Å². The van der Waals surface area contributed by atoms with Gasteiger partial charge in [-0.2, -0.15) is 0 Å². The van der Waals surface area contributed by atoms with Crippen LogP contribution in [0.1, 0.15) is 18.0 Å². The first kappa shape index (κ1) is 3.18. The lowest BCUT2D eigenvalue weighted by atomic mass is 10.3. The molecule has 8 heavy (non-hydrogen) atoms. The van der Waals surface area contributed by atoms with Crippen LogP contribution in [0.3, 0.4) is 0 Å². The Kier molecular flexibility index (Phi) is 0.980. The van der Waals surface area contributed by atoms with E-state index in [1.54, 1.807) is 0 Å².